The molecule has 1 aromatic heterocycles. The molecule has 6 heteroatoms. The zero-order valence-corrected chi connectivity index (χ0v) is 13.5. The van der Waals surface area contributed by atoms with E-state index in [1.54, 1.807) is 29.1 Å². The van der Waals surface area contributed by atoms with Gasteiger partial charge >= 0.3 is 6.03 Å². The average Bonchev–Trinajstić information content (AvgIpc) is 2.96. The maximum Gasteiger partial charge on any atom is 0.317 e. The molecule has 1 aliphatic rings. The van der Waals surface area contributed by atoms with Crippen molar-refractivity contribution in [2.45, 2.75) is 32.7 Å². The molecule has 2 heterocycles. The van der Waals surface area contributed by atoms with Crippen LogP contribution in [-0.2, 0) is 0 Å². The van der Waals surface area contributed by atoms with Crippen LogP contribution in [0.5, 0.6) is 0 Å². The number of hydrogen-bond acceptors (Lipinski definition) is 3. The first-order chi connectivity index (χ1) is 10.5. The molecule has 0 bridgehead atoms. The number of urea groups is 1. The Balaban J connectivity index is 1.88. The van der Waals surface area contributed by atoms with Gasteiger partial charge in [-0.2, -0.15) is 0 Å². The van der Waals surface area contributed by atoms with Crippen molar-refractivity contribution < 1.29 is 9.59 Å². The van der Waals surface area contributed by atoms with E-state index in [0.29, 0.717) is 18.7 Å². The molecule has 1 aromatic rings. The van der Waals surface area contributed by atoms with E-state index in [1.165, 1.54) is 0 Å². The van der Waals surface area contributed by atoms with Crippen LogP contribution in [0.15, 0.2) is 18.3 Å². The predicted octanol–water partition coefficient (Wildman–Crippen LogP) is 1.66. The first-order valence-corrected chi connectivity index (χ1v) is 7.74. The first-order valence-electron chi connectivity index (χ1n) is 7.74. The third-order valence-corrected chi connectivity index (χ3v) is 3.87. The number of rotatable bonds is 4. The lowest BCUT2D eigenvalue weighted by Gasteiger charge is -2.21. The quantitative estimate of drug-likeness (QED) is 0.920. The van der Waals surface area contributed by atoms with Crippen molar-refractivity contribution in [3.8, 4) is 0 Å². The molecule has 1 N–H and O–H groups in total. The molecular weight excluding hydrogens is 280 g/mol. The molecule has 0 radical (unpaired) electrons. The van der Waals surface area contributed by atoms with Crippen molar-refractivity contribution in [2.75, 3.05) is 26.7 Å². The van der Waals surface area contributed by atoms with Crippen LogP contribution in [0, 0.1) is 6.92 Å². The highest BCUT2D eigenvalue weighted by Gasteiger charge is 2.28. The summed E-state index contributed by atoms with van der Waals surface area (Å²) in [7, 11) is 1.79. The Bertz CT molecular complexity index is 529. The largest absolute Gasteiger partial charge is 0.336 e. The Morgan fingerprint density at radius 1 is 1.45 bits per heavy atom. The van der Waals surface area contributed by atoms with Gasteiger partial charge < -0.3 is 15.1 Å². The lowest BCUT2D eigenvalue weighted by molar-refractivity contribution is 0.0788. The van der Waals surface area contributed by atoms with Crippen LogP contribution in [0.1, 0.15) is 35.8 Å². The number of aryl methyl sites for hydroxylation is 1. The van der Waals surface area contributed by atoms with Gasteiger partial charge in [-0.05, 0) is 31.9 Å². The Morgan fingerprint density at radius 2 is 2.23 bits per heavy atom. The molecule has 6 nitrogen and oxygen atoms in total. The van der Waals surface area contributed by atoms with Gasteiger partial charge in [-0.15, -0.1) is 0 Å². The summed E-state index contributed by atoms with van der Waals surface area (Å²) in [4.78, 5) is 32.0. The summed E-state index contributed by atoms with van der Waals surface area (Å²) < 4.78 is 0. The molecule has 2 rings (SSSR count). The number of pyridine rings is 1. The van der Waals surface area contributed by atoms with Crippen LogP contribution in [0.4, 0.5) is 4.79 Å². The van der Waals surface area contributed by atoms with Gasteiger partial charge in [0.2, 0.25) is 0 Å². The van der Waals surface area contributed by atoms with Crippen LogP contribution in [0.3, 0.4) is 0 Å². The summed E-state index contributed by atoms with van der Waals surface area (Å²) in [6, 6.07) is 3.58. The Morgan fingerprint density at radius 3 is 2.86 bits per heavy atom. The molecule has 3 amide bonds. The van der Waals surface area contributed by atoms with E-state index in [4.69, 9.17) is 0 Å². The molecular formula is C16H24N4O2. The van der Waals surface area contributed by atoms with Gasteiger partial charge in [-0.25, -0.2) is 4.79 Å². The number of likely N-dealkylation sites (tertiary alicyclic amines) is 1. The van der Waals surface area contributed by atoms with E-state index in [-0.39, 0.29) is 18.0 Å². The molecule has 1 atom stereocenters. The van der Waals surface area contributed by atoms with E-state index in [9.17, 15) is 9.59 Å². The minimum absolute atomic E-state index is 0.0221. The van der Waals surface area contributed by atoms with Gasteiger partial charge in [-0.3, -0.25) is 9.78 Å². The van der Waals surface area contributed by atoms with Gasteiger partial charge in [0.25, 0.3) is 5.91 Å². The topological polar surface area (TPSA) is 65.5 Å². The summed E-state index contributed by atoms with van der Waals surface area (Å²) in [5.41, 5.74) is 1.49. The number of hydrogen-bond donors (Lipinski definition) is 1. The fraction of sp³-hybridized carbons (Fsp3) is 0.562. The monoisotopic (exact) mass is 304 g/mol. The van der Waals surface area contributed by atoms with Gasteiger partial charge in [0.05, 0.1) is 5.56 Å². The summed E-state index contributed by atoms with van der Waals surface area (Å²) in [6.07, 6.45) is 3.33. The minimum Gasteiger partial charge on any atom is -0.336 e. The third-order valence-electron chi connectivity index (χ3n) is 3.87. The van der Waals surface area contributed by atoms with Crippen LogP contribution in [-0.4, -0.2) is 59.4 Å². The standard InChI is InChI=1S/C16H24N4O2/c1-4-8-19(3)16(22)18-14-7-9-20(11-14)15(21)13-6-5-12(2)17-10-13/h5-6,10,14H,4,7-9,11H2,1-3H3,(H,18,22)/t14-/m1/s1. The fourth-order valence-corrected chi connectivity index (χ4v) is 2.56. The lowest BCUT2D eigenvalue weighted by atomic mass is 10.2. The molecule has 0 unspecified atom stereocenters. The van der Waals surface area contributed by atoms with Crippen LogP contribution in [0.25, 0.3) is 0 Å². The molecule has 22 heavy (non-hydrogen) atoms. The number of carbonyl (C=O) groups is 2. The Hall–Kier alpha value is -2.11. The van der Waals surface area contributed by atoms with E-state index < -0.39 is 0 Å². The number of nitrogens with one attached hydrogen (secondary N) is 1. The molecule has 1 fully saturated rings. The SMILES string of the molecule is CCCN(C)C(=O)N[C@@H]1CCN(C(=O)c2ccc(C)nc2)C1. The van der Waals surface area contributed by atoms with Gasteiger partial charge in [-0.1, -0.05) is 6.92 Å². The normalized spacial score (nSPS) is 17.4. The highest BCUT2D eigenvalue weighted by molar-refractivity contribution is 5.94. The van der Waals surface area contributed by atoms with Crippen LogP contribution >= 0.6 is 0 Å². The summed E-state index contributed by atoms with van der Waals surface area (Å²) in [5.74, 6) is -0.0221. The highest BCUT2D eigenvalue weighted by atomic mass is 16.2. The highest BCUT2D eigenvalue weighted by Crippen LogP contribution is 2.14. The fourth-order valence-electron chi connectivity index (χ4n) is 2.56. The van der Waals surface area contributed by atoms with Gasteiger partial charge in [0.1, 0.15) is 0 Å². The lowest BCUT2D eigenvalue weighted by Crippen LogP contribution is -2.44. The maximum absolute atomic E-state index is 12.4. The van der Waals surface area contributed by atoms with Crippen molar-refractivity contribution in [1.82, 2.24) is 20.1 Å². The maximum atomic E-state index is 12.4. The number of amides is 3. The molecule has 1 aliphatic heterocycles. The van der Waals surface area contributed by atoms with Crippen LogP contribution < -0.4 is 5.32 Å². The van der Waals surface area contributed by atoms with Crippen LogP contribution in [0.2, 0.25) is 0 Å². The van der Waals surface area contributed by atoms with E-state index >= 15 is 0 Å². The molecule has 1 saturated heterocycles. The second-order valence-electron chi connectivity index (χ2n) is 5.80. The summed E-state index contributed by atoms with van der Waals surface area (Å²) in [5, 5.41) is 2.99. The van der Waals surface area contributed by atoms with Gasteiger partial charge in [0, 0.05) is 44.6 Å². The first kappa shape index (κ1) is 16.3. The zero-order valence-electron chi connectivity index (χ0n) is 13.5. The minimum atomic E-state index is -0.0712. The smallest absolute Gasteiger partial charge is 0.317 e. The Labute approximate surface area is 131 Å². The van der Waals surface area contributed by atoms with Crippen molar-refractivity contribution in [1.29, 1.82) is 0 Å². The van der Waals surface area contributed by atoms with Crippen molar-refractivity contribution in [3.63, 3.8) is 0 Å². The molecule has 0 saturated carbocycles. The van der Waals surface area contributed by atoms with Crippen molar-refractivity contribution in [3.05, 3.63) is 29.6 Å². The van der Waals surface area contributed by atoms with Crippen molar-refractivity contribution in [2.24, 2.45) is 0 Å². The van der Waals surface area contributed by atoms with E-state index in [2.05, 4.69) is 10.3 Å². The second kappa shape index (κ2) is 7.24. The summed E-state index contributed by atoms with van der Waals surface area (Å²) >= 11 is 0. The predicted molar refractivity (Wildman–Crippen MR) is 84.7 cm³/mol. The van der Waals surface area contributed by atoms with Crippen molar-refractivity contribution >= 4 is 11.9 Å². The second-order valence-corrected chi connectivity index (χ2v) is 5.80. The van der Waals surface area contributed by atoms with Gasteiger partial charge in [0.15, 0.2) is 0 Å². The zero-order chi connectivity index (χ0) is 16.1. The number of carbonyl (C=O) groups excluding carboxylic acids is 2. The molecule has 0 aliphatic carbocycles. The van der Waals surface area contributed by atoms with E-state index in [0.717, 1.165) is 25.1 Å². The number of nitrogens with zero attached hydrogens (tertiary/aromatic N) is 3. The molecule has 0 spiro atoms. The molecule has 120 valence electrons. The third kappa shape index (κ3) is 3.96. The summed E-state index contributed by atoms with van der Waals surface area (Å²) in [6.45, 7) is 5.88. The Kier molecular flexibility index (Phi) is 5.35. The van der Waals surface area contributed by atoms with E-state index in [1.807, 2.05) is 19.9 Å². The molecule has 0 aromatic carbocycles. The number of aromatic nitrogens is 1. The average molecular weight is 304 g/mol.